The van der Waals surface area contributed by atoms with Crippen LogP contribution in [0.3, 0.4) is 0 Å². The first-order valence-corrected chi connectivity index (χ1v) is 7.22. The van der Waals surface area contributed by atoms with E-state index in [0.29, 0.717) is 0 Å². The second-order valence-corrected chi connectivity index (χ2v) is 5.20. The minimum atomic E-state index is 0.768. The molecule has 1 heterocycles. The Balaban J connectivity index is 2.16. The Kier molecular flexibility index (Phi) is 5.34. The van der Waals surface area contributed by atoms with Gasteiger partial charge in [-0.2, -0.15) is 0 Å². The molecular formula is C17H19NOS. The maximum Gasteiger partial charge on any atom is 0.0825 e. The number of hydrogen-bond acceptors (Lipinski definition) is 2. The van der Waals surface area contributed by atoms with Gasteiger partial charge in [-0.3, -0.25) is 0 Å². The normalized spacial score (nSPS) is 17.1. The summed E-state index contributed by atoms with van der Waals surface area (Å²) in [6.07, 6.45) is 10.0. The minimum Gasteiger partial charge on any atom is -0.378 e. The van der Waals surface area contributed by atoms with Crippen LogP contribution in [0.25, 0.3) is 12.2 Å². The van der Waals surface area contributed by atoms with Gasteiger partial charge in [-0.1, -0.05) is 42.4 Å². The molecule has 0 spiro atoms. The van der Waals surface area contributed by atoms with E-state index in [-0.39, 0.29) is 0 Å². The van der Waals surface area contributed by atoms with Crippen molar-refractivity contribution in [3.63, 3.8) is 0 Å². The quantitative estimate of drug-likeness (QED) is 0.596. The second kappa shape index (κ2) is 7.23. The lowest BCUT2D eigenvalue weighted by atomic mass is 10.1. The van der Waals surface area contributed by atoms with Crippen LogP contribution < -0.4 is 10.4 Å². The first kappa shape index (κ1) is 14.8. The summed E-state index contributed by atoms with van der Waals surface area (Å²) < 4.78 is 5.35. The Labute approximate surface area is 125 Å². The molecule has 0 radical (unpaired) electrons. The number of terminal acetylenes is 1. The smallest absolute Gasteiger partial charge is 0.0825 e. The summed E-state index contributed by atoms with van der Waals surface area (Å²) in [5.74, 6) is 2.58. The number of rotatable bonds is 2. The van der Waals surface area contributed by atoms with Gasteiger partial charge in [0.2, 0.25) is 0 Å². The standard InChI is InChI=1S/C17H19NOS/c1-3-5-16-7-6-14(12-15(16)4-2)13-17(20)18-8-10-19-11-9-18/h1,4-7,12H,8-11,13H2,2H3/b15-4-,16-5-. The summed E-state index contributed by atoms with van der Waals surface area (Å²) in [5, 5.41) is 2.24. The first-order valence-electron chi connectivity index (χ1n) is 6.81. The molecule has 1 fully saturated rings. The molecule has 20 heavy (non-hydrogen) atoms. The number of benzene rings is 1. The van der Waals surface area contributed by atoms with Crippen molar-refractivity contribution in [3.05, 3.63) is 34.2 Å². The van der Waals surface area contributed by atoms with Crippen LogP contribution in [-0.4, -0.2) is 36.2 Å². The van der Waals surface area contributed by atoms with Crippen LogP contribution in [0, 0.1) is 12.3 Å². The van der Waals surface area contributed by atoms with Crippen LogP contribution in [0.4, 0.5) is 0 Å². The fourth-order valence-corrected chi connectivity index (χ4v) is 2.65. The summed E-state index contributed by atoms with van der Waals surface area (Å²) in [6, 6.07) is 6.32. The zero-order chi connectivity index (χ0) is 14.4. The topological polar surface area (TPSA) is 12.5 Å². The van der Waals surface area contributed by atoms with Crippen molar-refractivity contribution < 1.29 is 4.74 Å². The van der Waals surface area contributed by atoms with Gasteiger partial charge < -0.3 is 9.64 Å². The summed E-state index contributed by atoms with van der Waals surface area (Å²) >= 11 is 5.54. The third-order valence-electron chi connectivity index (χ3n) is 3.42. The van der Waals surface area contributed by atoms with Crippen molar-refractivity contribution in [1.29, 1.82) is 0 Å². The lowest BCUT2D eigenvalue weighted by molar-refractivity contribution is 0.0684. The van der Waals surface area contributed by atoms with Gasteiger partial charge in [0.05, 0.1) is 18.2 Å². The zero-order valence-electron chi connectivity index (χ0n) is 11.8. The number of ether oxygens (including phenoxy) is 1. The van der Waals surface area contributed by atoms with Gasteiger partial charge in [0, 0.05) is 19.5 Å². The van der Waals surface area contributed by atoms with E-state index in [1.54, 1.807) is 6.08 Å². The molecule has 1 aromatic rings. The van der Waals surface area contributed by atoms with E-state index < -0.39 is 0 Å². The highest BCUT2D eigenvalue weighted by Gasteiger charge is 2.13. The number of morpholine rings is 1. The van der Waals surface area contributed by atoms with Crippen LogP contribution in [0.15, 0.2) is 18.2 Å². The SMILES string of the molecule is C#C/C=c1/ccc(CC(=S)N2CCOCC2)c/c1=C/C. The molecule has 1 aliphatic rings. The average molecular weight is 285 g/mol. The molecule has 1 saturated heterocycles. The third kappa shape index (κ3) is 3.69. The van der Waals surface area contributed by atoms with Crippen molar-refractivity contribution in [2.24, 2.45) is 0 Å². The van der Waals surface area contributed by atoms with E-state index in [0.717, 1.165) is 48.1 Å². The summed E-state index contributed by atoms with van der Waals surface area (Å²) in [7, 11) is 0. The second-order valence-electron chi connectivity index (χ2n) is 4.73. The Morgan fingerprint density at radius 3 is 2.80 bits per heavy atom. The molecule has 0 saturated carbocycles. The Bertz CT molecular complexity index is 636. The third-order valence-corrected chi connectivity index (χ3v) is 3.82. The lowest BCUT2D eigenvalue weighted by Crippen LogP contribution is -2.40. The van der Waals surface area contributed by atoms with E-state index in [2.05, 4.69) is 35.1 Å². The summed E-state index contributed by atoms with van der Waals surface area (Å²) in [5.41, 5.74) is 1.23. The lowest BCUT2D eigenvalue weighted by Gasteiger charge is -2.29. The van der Waals surface area contributed by atoms with Gasteiger partial charge in [0.1, 0.15) is 0 Å². The van der Waals surface area contributed by atoms with Gasteiger partial charge in [-0.15, -0.1) is 6.42 Å². The predicted molar refractivity (Wildman–Crippen MR) is 87.8 cm³/mol. The van der Waals surface area contributed by atoms with Crippen LogP contribution in [0.2, 0.25) is 0 Å². The van der Waals surface area contributed by atoms with E-state index >= 15 is 0 Å². The maximum atomic E-state index is 5.54. The molecule has 0 amide bonds. The van der Waals surface area contributed by atoms with Crippen molar-refractivity contribution in [1.82, 2.24) is 4.90 Å². The van der Waals surface area contributed by atoms with Gasteiger partial charge in [0.25, 0.3) is 0 Å². The van der Waals surface area contributed by atoms with Crippen molar-refractivity contribution in [2.45, 2.75) is 13.3 Å². The monoisotopic (exact) mass is 285 g/mol. The molecule has 2 rings (SSSR count). The fraction of sp³-hybridized carbons (Fsp3) is 0.353. The number of nitrogens with zero attached hydrogens (tertiary/aromatic N) is 1. The molecule has 0 bridgehead atoms. The molecule has 0 atom stereocenters. The van der Waals surface area contributed by atoms with Crippen LogP contribution in [0.1, 0.15) is 12.5 Å². The molecule has 1 aliphatic heterocycles. The Morgan fingerprint density at radius 1 is 1.40 bits per heavy atom. The summed E-state index contributed by atoms with van der Waals surface area (Å²) in [4.78, 5) is 3.22. The highest BCUT2D eigenvalue weighted by Crippen LogP contribution is 2.05. The largest absolute Gasteiger partial charge is 0.378 e. The summed E-state index contributed by atoms with van der Waals surface area (Å²) in [6.45, 7) is 5.35. The van der Waals surface area contributed by atoms with E-state index in [1.807, 2.05) is 6.92 Å². The van der Waals surface area contributed by atoms with E-state index in [4.69, 9.17) is 23.4 Å². The molecule has 104 valence electrons. The number of hydrogen-bond donors (Lipinski definition) is 0. The van der Waals surface area contributed by atoms with Crippen molar-refractivity contribution in [3.8, 4) is 12.3 Å². The highest BCUT2D eigenvalue weighted by molar-refractivity contribution is 7.80. The van der Waals surface area contributed by atoms with Gasteiger partial charge in [0.15, 0.2) is 0 Å². The van der Waals surface area contributed by atoms with Gasteiger partial charge >= 0.3 is 0 Å². The van der Waals surface area contributed by atoms with Crippen molar-refractivity contribution >= 4 is 29.4 Å². The van der Waals surface area contributed by atoms with Gasteiger partial charge in [-0.25, -0.2) is 0 Å². The zero-order valence-corrected chi connectivity index (χ0v) is 12.6. The Hall–Kier alpha value is -1.63. The molecule has 0 N–H and O–H groups in total. The molecule has 2 nitrogen and oxygen atoms in total. The average Bonchev–Trinajstić information content (AvgIpc) is 2.50. The predicted octanol–water partition coefficient (Wildman–Crippen LogP) is 1.10. The highest BCUT2D eigenvalue weighted by atomic mass is 32.1. The molecule has 0 unspecified atom stereocenters. The van der Waals surface area contributed by atoms with Gasteiger partial charge in [-0.05, 0) is 29.0 Å². The number of thiocarbonyl (C=S) groups is 1. The van der Waals surface area contributed by atoms with E-state index in [9.17, 15) is 0 Å². The molecule has 0 aliphatic carbocycles. The molecule has 1 aromatic carbocycles. The molecular weight excluding hydrogens is 266 g/mol. The van der Waals surface area contributed by atoms with Crippen molar-refractivity contribution in [2.75, 3.05) is 26.3 Å². The first-order chi connectivity index (χ1) is 9.74. The molecule has 0 aromatic heterocycles. The fourth-order valence-electron chi connectivity index (χ4n) is 2.30. The Morgan fingerprint density at radius 2 is 2.15 bits per heavy atom. The van der Waals surface area contributed by atoms with Crippen LogP contribution >= 0.6 is 12.2 Å². The van der Waals surface area contributed by atoms with Crippen LogP contribution in [-0.2, 0) is 11.2 Å². The van der Waals surface area contributed by atoms with Crippen LogP contribution in [0.5, 0.6) is 0 Å². The minimum absolute atomic E-state index is 0.768. The molecule has 3 heteroatoms. The maximum absolute atomic E-state index is 5.54. The van der Waals surface area contributed by atoms with E-state index in [1.165, 1.54) is 5.56 Å².